The number of aliphatic imine (C=N–C) groups is 1. The molecule has 0 saturated heterocycles. The fourth-order valence-electron chi connectivity index (χ4n) is 1.99. The maximum atomic E-state index is 4.23. The Hall–Kier alpha value is -2.42. The molecule has 3 nitrogen and oxygen atoms in total. The molecule has 18 heavy (non-hydrogen) atoms. The molecule has 1 aromatic carbocycles. The number of rotatable bonds is 2. The summed E-state index contributed by atoms with van der Waals surface area (Å²) in [7, 11) is 0. The van der Waals surface area contributed by atoms with E-state index >= 15 is 0 Å². The van der Waals surface area contributed by atoms with E-state index in [-0.39, 0.29) is 0 Å². The Kier molecular flexibility index (Phi) is 2.88. The van der Waals surface area contributed by atoms with Crippen molar-refractivity contribution < 1.29 is 0 Å². The molecule has 2 aromatic rings. The molecule has 88 valence electrons. The van der Waals surface area contributed by atoms with Gasteiger partial charge in [-0.15, -0.1) is 0 Å². The van der Waals surface area contributed by atoms with Crippen LogP contribution in [0.1, 0.15) is 11.1 Å². The molecule has 1 aliphatic heterocycles. The zero-order chi connectivity index (χ0) is 12.2. The van der Waals surface area contributed by atoms with Gasteiger partial charge in [-0.2, -0.15) is 0 Å². The number of hydrogen-bond donors (Lipinski definition) is 0. The van der Waals surface area contributed by atoms with E-state index in [0.29, 0.717) is 0 Å². The zero-order valence-electron chi connectivity index (χ0n) is 9.90. The van der Waals surface area contributed by atoms with Crippen molar-refractivity contribution in [1.29, 1.82) is 0 Å². The number of nitrogens with zero attached hydrogens (tertiary/aromatic N) is 3. The average Bonchev–Trinajstić information content (AvgIpc) is 2.63. The fraction of sp³-hybridized carbons (Fsp3) is 0.0667. The second-order valence-corrected chi connectivity index (χ2v) is 4.12. The van der Waals surface area contributed by atoms with Gasteiger partial charge in [0.2, 0.25) is 0 Å². The third-order valence-electron chi connectivity index (χ3n) is 2.88. The molecular weight excluding hydrogens is 222 g/mol. The second-order valence-electron chi connectivity index (χ2n) is 4.12. The first-order valence-corrected chi connectivity index (χ1v) is 5.88. The van der Waals surface area contributed by atoms with Gasteiger partial charge in [0.15, 0.2) is 0 Å². The predicted molar refractivity (Wildman–Crippen MR) is 73.6 cm³/mol. The molecule has 0 unspecified atom stereocenters. The molecular formula is C15H13N3. The van der Waals surface area contributed by atoms with Crippen LogP contribution in [0.15, 0.2) is 66.2 Å². The van der Waals surface area contributed by atoms with Gasteiger partial charge < -0.3 is 4.90 Å². The van der Waals surface area contributed by atoms with Crippen LogP contribution in [0, 0.1) is 0 Å². The molecule has 1 aromatic heterocycles. The van der Waals surface area contributed by atoms with Gasteiger partial charge in [-0.25, -0.2) is 0 Å². The number of aromatic nitrogens is 1. The first kappa shape index (κ1) is 10.7. The summed E-state index contributed by atoms with van der Waals surface area (Å²) in [5, 5.41) is 0. The highest BCUT2D eigenvalue weighted by atomic mass is 15.1. The molecule has 0 aliphatic carbocycles. The van der Waals surface area contributed by atoms with E-state index in [4.69, 9.17) is 0 Å². The van der Waals surface area contributed by atoms with E-state index in [1.165, 1.54) is 5.56 Å². The third-order valence-corrected chi connectivity index (χ3v) is 2.88. The molecule has 0 fully saturated rings. The lowest BCUT2D eigenvalue weighted by molar-refractivity contribution is 0.960. The largest absolute Gasteiger partial charge is 0.340 e. The van der Waals surface area contributed by atoms with Crippen LogP contribution in [-0.4, -0.2) is 11.2 Å². The summed E-state index contributed by atoms with van der Waals surface area (Å²) < 4.78 is 0. The maximum Gasteiger partial charge on any atom is 0.0685 e. The van der Waals surface area contributed by atoms with Crippen LogP contribution in [0.2, 0.25) is 0 Å². The van der Waals surface area contributed by atoms with E-state index in [1.54, 1.807) is 6.20 Å². The summed E-state index contributed by atoms with van der Waals surface area (Å²) in [6.07, 6.45) is 9.31. The summed E-state index contributed by atoms with van der Waals surface area (Å²) in [4.78, 5) is 10.6. The first-order chi connectivity index (χ1) is 8.93. The molecule has 2 heterocycles. The van der Waals surface area contributed by atoms with E-state index in [2.05, 4.69) is 39.1 Å². The number of hydrogen-bond acceptors (Lipinski definition) is 3. The van der Waals surface area contributed by atoms with E-state index in [1.807, 2.05) is 36.9 Å². The van der Waals surface area contributed by atoms with Gasteiger partial charge >= 0.3 is 0 Å². The van der Waals surface area contributed by atoms with Gasteiger partial charge in [-0.3, -0.25) is 9.98 Å². The van der Waals surface area contributed by atoms with Gasteiger partial charge in [-0.1, -0.05) is 30.3 Å². The predicted octanol–water partition coefficient (Wildman–Crippen LogP) is 2.99. The van der Waals surface area contributed by atoms with E-state index in [9.17, 15) is 0 Å². The topological polar surface area (TPSA) is 28.5 Å². The van der Waals surface area contributed by atoms with Crippen molar-refractivity contribution in [2.45, 2.75) is 6.54 Å². The lowest BCUT2D eigenvalue weighted by Gasteiger charge is -2.20. The van der Waals surface area contributed by atoms with Crippen LogP contribution in [0.4, 0.5) is 5.69 Å². The Bertz CT molecular complexity index is 588. The van der Waals surface area contributed by atoms with Crippen molar-refractivity contribution in [2.24, 2.45) is 4.99 Å². The summed E-state index contributed by atoms with van der Waals surface area (Å²) in [5.41, 5.74) is 3.43. The first-order valence-electron chi connectivity index (χ1n) is 5.88. The molecule has 0 atom stereocenters. The molecule has 0 radical (unpaired) electrons. The van der Waals surface area contributed by atoms with Crippen LogP contribution in [-0.2, 0) is 6.54 Å². The average molecular weight is 235 g/mol. The molecule has 0 amide bonds. The van der Waals surface area contributed by atoms with Crippen molar-refractivity contribution in [3.05, 3.63) is 72.3 Å². The monoisotopic (exact) mass is 235 g/mol. The highest BCUT2D eigenvalue weighted by Gasteiger charge is 2.10. The Morgan fingerprint density at radius 1 is 1.06 bits per heavy atom. The SMILES string of the molecule is C1=CN(Cc2ccccc2)c2cnccc2C=N1. The smallest absolute Gasteiger partial charge is 0.0685 e. The minimum Gasteiger partial charge on any atom is -0.340 e. The number of pyridine rings is 1. The quantitative estimate of drug-likeness (QED) is 0.800. The van der Waals surface area contributed by atoms with Crippen molar-refractivity contribution in [2.75, 3.05) is 4.90 Å². The van der Waals surface area contributed by atoms with E-state index < -0.39 is 0 Å². The van der Waals surface area contributed by atoms with Crippen molar-refractivity contribution in [1.82, 2.24) is 4.98 Å². The molecule has 3 rings (SSSR count). The van der Waals surface area contributed by atoms with Crippen LogP contribution in [0.3, 0.4) is 0 Å². The normalized spacial score (nSPS) is 13.2. The number of anilines is 1. The van der Waals surface area contributed by atoms with Gasteiger partial charge in [0, 0.05) is 36.9 Å². The van der Waals surface area contributed by atoms with Crippen LogP contribution < -0.4 is 4.90 Å². The van der Waals surface area contributed by atoms with Crippen LogP contribution >= 0.6 is 0 Å². The Morgan fingerprint density at radius 2 is 1.94 bits per heavy atom. The standard InChI is InChI=1S/C15H13N3/c1-2-4-13(5-3-1)12-18-9-8-17-10-14-6-7-16-11-15(14)18/h1-11H,12H2. The molecule has 0 bridgehead atoms. The van der Waals surface area contributed by atoms with Crippen molar-refractivity contribution >= 4 is 11.9 Å². The Labute approximate surface area is 106 Å². The minimum atomic E-state index is 0.819. The minimum absolute atomic E-state index is 0.819. The van der Waals surface area contributed by atoms with Crippen molar-refractivity contribution in [3.8, 4) is 0 Å². The summed E-state index contributed by atoms with van der Waals surface area (Å²) in [6, 6.07) is 12.4. The van der Waals surface area contributed by atoms with Crippen LogP contribution in [0.5, 0.6) is 0 Å². The second kappa shape index (κ2) is 4.84. The van der Waals surface area contributed by atoms with Crippen LogP contribution in [0.25, 0.3) is 0 Å². The van der Waals surface area contributed by atoms with Gasteiger partial charge in [0.25, 0.3) is 0 Å². The molecule has 0 spiro atoms. The fourth-order valence-corrected chi connectivity index (χ4v) is 1.99. The molecule has 3 heteroatoms. The lowest BCUT2D eigenvalue weighted by Crippen LogP contribution is -2.16. The number of fused-ring (bicyclic) bond motifs is 1. The Balaban J connectivity index is 1.94. The molecule has 0 N–H and O–H groups in total. The maximum absolute atomic E-state index is 4.23. The van der Waals surface area contributed by atoms with E-state index in [0.717, 1.165) is 17.8 Å². The highest BCUT2D eigenvalue weighted by Crippen LogP contribution is 2.22. The summed E-state index contributed by atoms with van der Waals surface area (Å²) >= 11 is 0. The van der Waals surface area contributed by atoms with Gasteiger partial charge in [0.1, 0.15) is 0 Å². The summed E-state index contributed by atoms with van der Waals surface area (Å²) in [6.45, 7) is 0.819. The number of benzene rings is 1. The molecule has 0 saturated carbocycles. The third kappa shape index (κ3) is 2.15. The van der Waals surface area contributed by atoms with Gasteiger partial charge in [-0.05, 0) is 11.6 Å². The molecule has 1 aliphatic rings. The zero-order valence-corrected chi connectivity index (χ0v) is 9.90. The Morgan fingerprint density at radius 3 is 2.83 bits per heavy atom. The summed E-state index contributed by atoms with van der Waals surface area (Å²) in [5.74, 6) is 0. The van der Waals surface area contributed by atoms with Crippen molar-refractivity contribution in [3.63, 3.8) is 0 Å². The van der Waals surface area contributed by atoms with Gasteiger partial charge in [0.05, 0.1) is 11.9 Å². The highest BCUT2D eigenvalue weighted by molar-refractivity contribution is 5.89. The lowest BCUT2D eigenvalue weighted by atomic mass is 10.2.